The molecule has 0 spiro atoms. The average Bonchev–Trinajstić information content (AvgIpc) is 3.42. The number of ether oxygens (including phenoxy) is 1. The summed E-state index contributed by atoms with van der Waals surface area (Å²) in [5.41, 5.74) is 3.84. The van der Waals surface area contributed by atoms with Gasteiger partial charge in [0.25, 0.3) is 11.8 Å². The van der Waals surface area contributed by atoms with Gasteiger partial charge >= 0.3 is 0 Å². The van der Waals surface area contributed by atoms with Crippen LogP contribution in [0.1, 0.15) is 31.4 Å². The second-order valence-electron chi connectivity index (χ2n) is 9.43. The second kappa shape index (κ2) is 12.0. The minimum absolute atomic E-state index is 0.00767. The molecule has 3 heterocycles. The van der Waals surface area contributed by atoms with Gasteiger partial charge < -0.3 is 4.74 Å². The van der Waals surface area contributed by atoms with Gasteiger partial charge in [-0.2, -0.15) is 10.4 Å². The summed E-state index contributed by atoms with van der Waals surface area (Å²) >= 11 is 6.56. The molecule has 9 heteroatoms. The summed E-state index contributed by atoms with van der Waals surface area (Å²) < 4.78 is 7.45. The lowest BCUT2D eigenvalue weighted by molar-refractivity contribution is -0.141. The number of pyridine rings is 1. The third-order valence-corrected chi connectivity index (χ3v) is 6.91. The predicted molar refractivity (Wildman–Crippen MR) is 156 cm³/mol. The van der Waals surface area contributed by atoms with E-state index in [1.807, 2.05) is 55.6 Å². The van der Waals surface area contributed by atoms with Crippen LogP contribution in [0.2, 0.25) is 5.02 Å². The van der Waals surface area contributed by atoms with E-state index in [1.165, 1.54) is 0 Å². The Morgan fingerprint density at radius 3 is 2.56 bits per heavy atom. The average molecular weight is 564 g/mol. The van der Waals surface area contributed by atoms with Crippen LogP contribution in [-0.2, 0) is 16.1 Å². The Balaban J connectivity index is 1.64. The number of rotatable bonds is 8. The van der Waals surface area contributed by atoms with Gasteiger partial charge in [-0.25, -0.2) is 4.68 Å². The molecule has 2 aromatic heterocycles. The Bertz CT molecular complexity index is 1720. The molecule has 5 rings (SSSR count). The first kappa shape index (κ1) is 27.6. The zero-order chi connectivity index (χ0) is 28.9. The van der Waals surface area contributed by atoms with Crippen molar-refractivity contribution >= 4 is 29.5 Å². The number of para-hydroxylation sites is 1. The molecule has 0 bridgehead atoms. The highest BCUT2D eigenvalue weighted by atomic mass is 35.5. The van der Waals surface area contributed by atoms with Crippen molar-refractivity contribution in [2.75, 3.05) is 6.61 Å². The second-order valence-corrected chi connectivity index (χ2v) is 9.84. The third-order valence-electron chi connectivity index (χ3n) is 6.62. The van der Waals surface area contributed by atoms with E-state index in [0.29, 0.717) is 45.3 Å². The molecular formula is C32H26ClN5O3. The molecule has 0 N–H and O–H groups in total. The lowest BCUT2D eigenvalue weighted by Gasteiger charge is -2.27. The first-order chi connectivity index (χ1) is 19.9. The minimum Gasteiger partial charge on any atom is -0.492 e. The standard InChI is InChI=1S/C32H26ClN5O3/c1-3-14-41-29-12-11-23(16-28(29)33)30-24(20-38(36-30)25-9-5-4-6-10-25)15-26-21(2)27(17-34)32(40)37(31(26)39)19-22-8-7-13-35-18-22/h4-13,15-16,18,20H,3,14,19H2,1-2H3/b26-15+. The molecule has 0 aliphatic carbocycles. The lowest BCUT2D eigenvalue weighted by atomic mass is 9.93. The molecule has 0 atom stereocenters. The zero-order valence-corrected chi connectivity index (χ0v) is 23.3. The molecule has 1 aliphatic rings. The number of amides is 2. The quantitative estimate of drug-likeness (QED) is 0.188. The highest BCUT2D eigenvalue weighted by Crippen LogP contribution is 2.35. The zero-order valence-electron chi connectivity index (χ0n) is 22.5. The Kier molecular flexibility index (Phi) is 8.09. The van der Waals surface area contributed by atoms with Gasteiger partial charge in [-0.1, -0.05) is 42.8 Å². The Labute approximate surface area is 242 Å². The molecule has 204 valence electrons. The number of nitrogens with zero attached hydrogens (tertiary/aromatic N) is 5. The van der Waals surface area contributed by atoms with Crippen molar-refractivity contribution in [2.24, 2.45) is 0 Å². The van der Waals surface area contributed by atoms with Crippen molar-refractivity contribution in [3.63, 3.8) is 0 Å². The van der Waals surface area contributed by atoms with E-state index in [0.717, 1.165) is 17.0 Å². The molecule has 2 aromatic carbocycles. The number of hydrogen-bond donors (Lipinski definition) is 0. The van der Waals surface area contributed by atoms with Crippen LogP contribution >= 0.6 is 11.6 Å². The van der Waals surface area contributed by atoms with Gasteiger partial charge in [-0.15, -0.1) is 0 Å². The van der Waals surface area contributed by atoms with Crippen molar-refractivity contribution in [3.8, 4) is 28.8 Å². The molecule has 0 unspecified atom stereocenters. The molecule has 2 amide bonds. The molecule has 0 radical (unpaired) electrons. The first-order valence-electron chi connectivity index (χ1n) is 13.1. The van der Waals surface area contributed by atoms with Crippen LogP contribution < -0.4 is 4.74 Å². The normalized spacial score (nSPS) is 14.5. The van der Waals surface area contributed by atoms with Crippen LogP contribution in [0.25, 0.3) is 23.0 Å². The molecule has 1 aliphatic heterocycles. The van der Waals surface area contributed by atoms with Crippen molar-refractivity contribution in [2.45, 2.75) is 26.8 Å². The molecule has 0 saturated heterocycles. The maximum atomic E-state index is 13.7. The van der Waals surface area contributed by atoms with Crippen molar-refractivity contribution in [1.82, 2.24) is 19.7 Å². The summed E-state index contributed by atoms with van der Waals surface area (Å²) in [6.45, 7) is 4.17. The maximum Gasteiger partial charge on any atom is 0.271 e. The fourth-order valence-corrected chi connectivity index (χ4v) is 4.75. The van der Waals surface area contributed by atoms with E-state index in [9.17, 15) is 14.9 Å². The predicted octanol–water partition coefficient (Wildman–Crippen LogP) is 6.17. The van der Waals surface area contributed by atoms with Gasteiger partial charge in [0, 0.05) is 35.3 Å². The summed E-state index contributed by atoms with van der Waals surface area (Å²) in [4.78, 5) is 32.0. The topological polar surface area (TPSA) is 101 Å². The number of carbonyl (C=O) groups excluding carboxylic acids is 2. The van der Waals surface area contributed by atoms with Gasteiger partial charge in [-0.05, 0) is 67.0 Å². The van der Waals surface area contributed by atoms with Crippen molar-refractivity contribution < 1.29 is 14.3 Å². The summed E-state index contributed by atoms with van der Waals surface area (Å²) in [7, 11) is 0. The van der Waals surface area contributed by atoms with E-state index in [1.54, 1.807) is 54.3 Å². The van der Waals surface area contributed by atoms with Gasteiger partial charge in [-0.3, -0.25) is 19.5 Å². The number of hydrogen-bond acceptors (Lipinski definition) is 6. The van der Waals surface area contributed by atoms with Crippen LogP contribution in [-0.4, -0.2) is 38.1 Å². The van der Waals surface area contributed by atoms with Crippen LogP contribution in [0.4, 0.5) is 0 Å². The van der Waals surface area contributed by atoms with Gasteiger partial charge in [0.05, 0.1) is 23.9 Å². The van der Waals surface area contributed by atoms with E-state index < -0.39 is 11.8 Å². The largest absolute Gasteiger partial charge is 0.492 e. The van der Waals surface area contributed by atoms with Crippen LogP contribution in [0, 0.1) is 11.3 Å². The van der Waals surface area contributed by atoms with Crippen molar-refractivity contribution in [1.29, 1.82) is 5.26 Å². The molecule has 0 saturated carbocycles. The number of nitriles is 1. The van der Waals surface area contributed by atoms with Gasteiger partial charge in [0.15, 0.2) is 0 Å². The van der Waals surface area contributed by atoms with E-state index in [2.05, 4.69) is 4.98 Å². The Morgan fingerprint density at radius 1 is 1.07 bits per heavy atom. The number of benzene rings is 2. The molecule has 41 heavy (non-hydrogen) atoms. The fourth-order valence-electron chi connectivity index (χ4n) is 4.51. The summed E-state index contributed by atoms with van der Waals surface area (Å²) in [6.07, 6.45) is 7.53. The van der Waals surface area contributed by atoms with Crippen LogP contribution in [0.5, 0.6) is 5.75 Å². The SMILES string of the molecule is CCCOc1ccc(-c2nn(-c3ccccc3)cc2/C=C2/C(=O)N(Cc3cccnc3)C(=O)C(C#N)=C2C)cc1Cl. The molecule has 8 nitrogen and oxygen atoms in total. The van der Waals surface area contributed by atoms with Crippen LogP contribution in [0.3, 0.4) is 0 Å². The summed E-state index contributed by atoms with van der Waals surface area (Å²) in [6, 6.07) is 20.5. The lowest BCUT2D eigenvalue weighted by Crippen LogP contribution is -2.42. The highest BCUT2D eigenvalue weighted by Gasteiger charge is 2.35. The minimum atomic E-state index is -0.634. The molecular weight excluding hydrogens is 538 g/mol. The van der Waals surface area contributed by atoms with Crippen LogP contribution in [0.15, 0.2) is 96.0 Å². The van der Waals surface area contributed by atoms with E-state index in [4.69, 9.17) is 21.4 Å². The Hall–Kier alpha value is -5.00. The fraction of sp³-hybridized carbons (Fsp3) is 0.156. The number of halogens is 1. The maximum absolute atomic E-state index is 13.7. The van der Waals surface area contributed by atoms with Crippen molar-refractivity contribution in [3.05, 3.63) is 112 Å². The van der Waals surface area contributed by atoms with E-state index >= 15 is 0 Å². The highest BCUT2D eigenvalue weighted by molar-refractivity contribution is 6.32. The summed E-state index contributed by atoms with van der Waals surface area (Å²) in [5, 5.41) is 15.1. The molecule has 4 aromatic rings. The Morgan fingerprint density at radius 2 is 1.88 bits per heavy atom. The van der Waals surface area contributed by atoms with Gasteiger partial charge in [0.1, 0.15) is 23.1 Å². The number of imide groups is 1. The third kappa shape index (κ3) is 5.67. The number of carbonyl (C=O) groups is 2. The smallest absolute Gasteiger partial charge is 0.271 e. The summed E-state index contributed by atoms with van der Waals surface area (Å²) in [5.74, 6) is -0.565. The first-order valence-corrected chi connectivity index (χ1v) is 13.4. The van der Waals surface area contributed by atoms with Gasteiger partial charge in [0.2, 0.25) is 0 Å². The monoisotopic (exact) mass is 563 g/mol. The van der Waals surface area contributed by atoms with E-state index in [-0.39, 0.29) is 17.7 Å². The molecule has 0 fully saturated rings. The number of aromatic nitrogens is 3.